The van der Waals surface area contributed by atoms with Crippen molar-refractivity contribution in [3.05, 3.63) is 70.0 Å². The van der Waals surface area contributed by atoms with Crippen LogP contribution in [0.1, 0.15) is 29.7 Å². The third-order valence-corrected chi connectivity index (χ3v) is 3.79. The average Bonchev–Trinajstić information content (AvgIpc) is 2.55. The first-order chi connectivity index (χ1) is 11.7. The van der Waals surface area contributed by atoms with Crippen LogP contribution in [0.2, 0.25) is 5.02 Å². The van der Waals surface area contributed by atoms with Crippen LogP contribution < -0.4 is 10.6 Å². The summed E-state index contributed by atoms with van der Waals surface area (Å²) >= 11 is 5.69. The zero-order chi connectivity index (χ0) is 18.6. The van der Waals surface area contributed by atoms with Gasteiger partial charge in [0.25, 0.3) is 0 Å². The average molecular weight is 375 g/mol. The number of rotatable bonds is 4. The van der Waals surface area contributed by atoms with Gasteiger partial charge in [-0.2, -0.15) is 13.2 Å². The van der Waals surface area contributed by atoms with Gasteiger partial charge in [-0.25, -0.2) is 9.18 Å². The van der Waals surface area contributed by atoms with Gasteiger partial charge in [0.15, 0.2) is 0 Å². The molecule has 0 saturated heterocycles. The number of hydrogen-bond acceptors (Lipinski definition) is 1. The smallest absolute Gasteiger partial charge is 0.334 e. The molecule has 134 valence electrons. The predicted molar refractivity (Wildman–Crippen MR) is 86.6 cm³/mol. The van der Waals surface area contributed by atoms with Crippen molar-refractivity contribution in [2.75, 3.05) is 0 Å². The lowest BCUT2D eigenvalue weighted by molar-refractivity contribution is -0.137. The van der Waals surface area contributed by atoms with Gasteiger partial charge >= 0.3 is 12.2 Å². The Labute approximate surface area is 147 Å². The van der Waals surface area contributed by atoms with E-state index in [4.69, 9.17) is 11.6 Å². The summed E-state index contributed by atoms with van der Waals surface area (Å²) in [7, 11) is 0. The SMILES string of the molecule is CC(NC(=O)NCc1cccc(C(F)(F)F)c1)c1ccc(F)c(Cl)c1. The fourth-order valence-electron chi connectivity index (χ4n) is 2.15. The van der Waals surface area contributed by atoms with Crippen LogP contribution in [0.5, 0.6) is 0 Å². The lowest BCUT2D eigenvalue weighted by Gasteiger charge is -2.16. The molecule has 2 N–H and O–H groups in total. The summed E-state index contributed by atoms with van der Waals surface area (Å²) < 4.78 is 51.1. The number of halogens is 5. The Bertz CT molecular complexity index is 765. The highest BCUT2D eigenvalue weighted by Crippen LogP contribution is 2.29. The first kappa shape index (κ1) is 19.1. The van der Waals surface area contributed by atoms with Crippen molar-refractivity contribution in [3.8, 4) is 0 Å². The minimum absolute atomic E-state index is 0.0597. The summed E-state index contributed by atoms with van der Waals surface area (Å²) in [5.74, 6) is -0.563. The van der Waals surface area contributed by atoms with E-state index in [1.165, 1.54) is 30.3 Å². The second-order valence-corrected chi connectivity index (χ2v) is 5.83. The molecule has 0 bridgehead atoms. The summed E-state index contributed by atoms with van der Waals surface area (Å²) in [6.07, 6.45) is -4.44. The molecule has 0 aliphatic rings. The topological polar surface area (TPSA) is 41.1 Å². The summed E-state index contributed by atoms with van der Waals surface area (Å²) in [6, 6.07) is 7.75. The van der Waals surface area contributed by atoms with Crippen LogP contribution in [0, 0.1) is 5.82 Å². The Balaban J connectivity index is 1.93. The van der Waals surface area contributed by atoms with E-state index in [2.05, 4.69) is 10.6 Å². The molecule has 25 heavy (non-hydrogen) atoms. The zero-order valence-electron chi connectivity index (χ0n) is 13.1. The van der Waals surface area contributed by atoms with Gasteiger partial charge in [0, 0.05) is 6.54 Å². The number of benzene rings is 2. The molecular weight excluding hydrogens is 360 g/mol. The van der Waals surface area contributed by atoms with Crippen molar-refractivity contribution in [2.45, 2.75) is 25.7 Å². The minimum atomic E-state index is -4.44. The van der Waals surface area contributed by atoms with Crippen LogP contribution in [0.4, 0.5) is 22.4 Å². The van der Waals surface area contributed by atoms with Gasteiger partial charge in [0.05, 0.1) is 16.6 Å². The lowest BCUT2D eigenvalue weighted by Crippen LogP contribution is -2.36. The highest BCUT2D eigenvalue weighted by atomic mass is 35.5. The molecule has 2 amide bonds. The molecule has 1 atom stereocenters. The molecule has 0 aliphatic carbocycles. The third kappa shape index (κ3) is 5.35. The van der Waals surface area contributed by atoms with Crippen LogP contribution >= 0.6 is 11.6 Å². The van der Waals surface area contributed by atoms with Gasteiger partial charge in [-0.15, -0.1) is 0 Å². The molecule has 0 aliphatic heterocycles. The molecule has 0 saturated carbocycles. The van der Waals surface area contributed by atoms with E-state index in [9.17, 15) is 22.4 Å². The molecule has 0 radical (unpaired) electrons. The van der Waals surface area contributed by atoms with E-state index in [0.717, 1.165) is 12.1 Å². The van der Waals surface area contributed by atoms with Crippen molar-refractivity contribution in [3.63, 3.8) is 0 Å². The van der Waals surface area contributed by atoms with Gasteiger partial charge in [-0.3, -0.25) is 0 Å². The van der Waals surface area contributed by atoms with Crippen LogP contribution in [0.15, 0.2) is 42.5 Å². The second-order valence-electron chi connectivity index (χ2n) is 5.42. The molecule has 8 heteroatoms. The summed E-state index contributed by atoms with van der Waals surface area (Å²) in [5.41, 5.74) is 0.143. The standard InChI is InChI=1S/C17H15ClF4N2O/c1-10(12-5-6-15(19)14(18)8-12)24-16(25)23-9-11-3-2-4-13(7-11)17(20,21)22/h2-8,10H,9H2,1H3,(H2,23,24,25). The van der Waals surface area contributed by atoms with E-state index in [-0.39, 0.29) is 11.6 Å². The fourth-order valence-corrected chi connectivity index (χ4v) is 2.34. The molecule has 2 aromatic carbocycles. The number of amides is 2. The molecule has 3 nitrogen and oxygen atoms in total. The van der Waals surface area contributed by atoms with Crippen molar-refractivity contribution < 1.29 is 22.4 Å². The van der Waals surface area contributed by atoms with E-state index < -0.39 is 29.6 Å². The molecule has 0 fully saturated rings. The third-order valence-electron chi connectivity index (χ3n) is 3.50. The Hall–Kier alpha value is -2.28. The Kier molecular flexibility index (Phi) is 5.89. The van der Waals surface area contributed by atoms with Gasteiger partial charge in [0.2, 0.25) is 0 Å². The number of hydrogen-bond donors (Lipinski definition) is 2. The zero-order valence-corrected chi connectivity index (χ0v) is 13.9. The lowest BCUT2D eigenvalue weighted by atomic mass is 10.1. The summed E-state index contributed by atoms with van der Waals surface area (Å²) in [4.78, 5) is 11.9. The van der Waals surface area contributed by atoms with Crippen LogP contribution in [0.25, 0.3) is 0 Å². The fraction of sp³-hybridized carbons (Fsp3) is 0.235. The van der Waals surface area contributed by atoms with E-state index in [1.54, 1.807) is 6.92 Å². The maximum Gasteiger partial charge on any atom is 0.416 e. The first-order valence-corrected chi connectivity index (χ1v) is 7.70. The normalized spacial score (nSPS) is 12.6. The Morgan fingerprint density at radius 2 is 1.92 bits per heavy atom. The summed E-state index contributed by atoms with van der Waals surface area (Å²) in [6.45, 7) is 1.61. The number of alkyl halides is 3. The predicted octanol–water partition coefficient (Wildman–Crippen LogP) is 5.06. The van der Waals surface area contributed by atoms with Crippen molar-refractivity contribution in [1.82, 2.24) is 10.6 Å². The maximum absolute atomic E-state index is 13.1. The molecule has 2 rings (SSSR count). The van der Waals surface area contributed by atoms with Crippen molar-refractivity contribution >= 4 is 17.6 Å². The molecular formula is C17H15ClF4N2O. The monoisotopic (exact) mass is 374 g/mol. The van der Waals surface area contributed by atoms with Crippen LogP contribution in [-0.4, -0.2) is 6.03 Å². The molecule has 0 heterocycles. The van der Waals surface area contributed by atoms with Crippen LogP contribution in [-0.2, 0) is 12.7 Å². The van der Waals surface area contributed by atoms with Gasteiger partial charge in [-0.1, -0.05) is 29.8 Å². The summed E-state index contributed by atoms with van der Waals surface area (Å²) in [5, 5.41) is 5.02. The number of nitrogens with one attached hydrogen (secondary N) is 2. The van der Waals surface area contributed by atoms with E-state index >= 15 is 0 Å². The Morgan fingerprint density at radius 1 is 1.20 bits per heavy atom. The quantitative estimate of drug-likeness (QED) is 0.722. The molecule has 1 unspecified atom stereocenters. The highest BCUT2D eigenvalue weighted by molar-refractivity contribution is 6.30. The number of carbonyl (C=O) groups is 1. The number of carbonyl (C=O) groups excluding carboxylic acids is 1. The second kappa shape index (κ2) is 7.74. The largest absolute Gasteiger partial charge is 0.416 e. The van der Waals surface area contributed by atoms with E-state index in [1.807, 2.05) is 0 Å². The Morgan fingerprint density at radius 3 is 2.56 bits per heavy atom. The highest BCUT2D eigenvalue weighted by Gasteiger charge is 2.30. The van der Waals surface area contributed by atoms with Crippen molar-refractivity contribution in [1.29, 1.82) is 0 Å². The van der Waals surface area contributed by atoms with Crippen LogP contribution in [0.3, 0.4) is 0 Å². The maximum atomic E-state index is 13.1. The minimum Gasteiger partial charge on any atom is -0.334 e. The first-order valence-electron chi connectivity index (χ1n) is 7.32. The van der Waals surface area contributed by atoms with Gasteiger partial charge in [-0.05, 0) is 42.3 Å². The van der Waals surface area contributed by atoms with Crippen molar-refractivity contribution in [2.24, 2.45) is 0 Å². The van der Waals surface area contributed by atoms with Gasteiger partial charge < -0.3 is 10.6 Å². The number of urea groups is 1. The molecule has 2 aromatic rings. The van der Waals surface area contributed by atoms with E-state index in [0.29, 0.717) is 11.1 Å². The van der Waals surface area contributed by atoms with Gasteiger partial charge in [0.1, 0.15) is 5.82 Å². The molecule has 0 aromatic heterocycles. The molecule has 0 spiro atoms.